The molecule has 0 N–H and O–H groups in total. The molecule has 4 heteroatoms. The van der Waals surface area contributed by atoms with Crippen molar-refractivity contribution in [2.75, 3.05) is 13.1 Å². The Morgan fingerprint density at radius 3 is 2.71 bits per heavy atom. The molecule has 0 heterocycles. The summed E-state index contributed by atoms with van der Waals surface area (Å²) in [6, 6.07) is 3.97. The van der Waals surface area contributed by atoms with Gasteiger partial charge in [0.1, 0.15) is 5.82 Å². The lowest BCUT2D eigenvalue weighted by molar-refractivity contribution is 0.0773. The zero-order valence-electron chi connectivity index (χ0n) is 9.96. The first-order chi connectivity index (χ1) is 7.95. The number of hydrogen-bond acceptors (Lipinski definition) is 1. The highest BCUT2D eigenvalue weighted by Crippen LogP contribution is 2.17. The fraction of sp³-hybridized carbons (Fsp3) is 0.308. The molecule has 0 saturated heterocycles. The number of likely N-dealkylation sites (N-methyl/N-ethyl adjacent to an activating group) is 1. The standard InChI is InChI=1S/C13H15ClFNO/c1-4-16(8-9(2)3)13(17)11-7-10(14)5-6-12(11)15/h5-7H,2,4,8H2,1,3H3. The second-order valence-electron chi connectivity index (χ2n) is 3.90. The molecule has 0 radical (unpaired) electrons. The number of halogens is 2. The number of nitrogens with zero attached hydrogens (tertiary/aromatic N) is 1. The molecule has 1 aromatic carbocycles. The SMILES string of the molecule is C=C(C)CN(CC)C(=O)c1cc(Cl)ccc1F. The maximum Gasteiger partial charge on any atom is 0.257 e. The van der Waals surface area contributed by atoms with Crippen LogP contribution in [0.15, 0.2) is 30.4 Å². The Morgan fingerprint density at radius 2 is 2.18 bits per heavy atom. The molecule has 0 aliphatic rings. The highest BCUT2D eigenvalue weighted by atomic mass is 35.5. The van der Waals surface area contributed by atoms with Gasteiger partial charge >= 0.3 is 0 Å². The van der Waals surface area contributed by atoms with E-state index >= 15 is 0 Å². The second-order valence-corrected chi connectivity index (χ2v) is 4.34. The van der Waals surface area contributed by atoms with E-state index in [4.69, 9.17) is 11.6 Å². The maximum absolute atomic E-state index is 13.5. The van der Waals surface area contributed by atoms with Gasteiger partial charge in [-0.3, -0.25) is 4.79 Å². The Hall–Kier alpha value is -1.35. The van der Waals surface area contributed by atoms with Crippen molar-refractivity contribution in [3.63, 3.8) is 0 Å². The van der Waals surface area contributed by atoms with Crippen molar-refractivity contribution >= 4 is 17.5 Å². The van der Waals surface area contributed by atoms with Crippen molar-refractivity contribution in [3.8, 4) is 0 Å². The van der Waals surface area contributed by atoms with Crippen LogP contribution in [-0.4, -0.2) is 23.9 Å². The van der Waals surface area contributed by atoms with Crippen molar-refractivity contribution in [3.05, 3.63) is 46.8 Å². The van der Waals surface area contributed by atoms with E-state index in [9.17, 15) is 9.18 Å². The van der Waals surface area contributed by atoms with Crippen molar-refractivity contribution in [2.45, 2.75) is 13.8 Å². The third-order valence-electron chi connectivity index (χ3n) is 2.29. The summed E-state index contributed by atoms with van der Waals surface area (Å²) in [6.07, 6.45) is 0. The van der Waals surface area contributed by atoms with E-state index in [-0.39, 0.29) is 11.5 Å². The normalized spacial score (nSPS) is 10.1. The van der Waals surface area contributed by atoms with Gasteiger partial charge in [-0.2, -0.15) is 0 Å². The Balaban J connectivity index is 3.01. The number of rotatable bonds is 4. The van der Waals surface area contributed by atoms with Crippen LogP contribution < -0.4 is 0 Å². The molecule has 0 aliphatic carbocycles. The summed E-state index contributed by atoms with van der Waals surface area (Å²) >= 11 is 5.76. The molecule has 17 heavy (non-hydrogen) atoms. The zero-order valence-corrected chi connectivity index (χ0v) is 10.7. The van der Waals surface area contributed by atoms with Crippen LogP contribution in [0.2, 0.25) is 5.02 Å². The van der Waals surface area contributed by atoms with Gasteiger partial charge in [-0.05, 0) is 32.0 Å². The van der Waals surface area contributed by atoms with Crippen LogP contribution in [0.4, 0.5) is 4.39 Å². The van der Waals surface area contributed by atoms with Crippen LogP contribution in [0.1, 0.15) is 24.2 Å². The number of carbonyl (C=O) groups is 1. The minimum atomic E-state index is -0.556. The number of benzene rings is 1. The summed E-state index contributed by atoms with van der Waals surface area (Å²) in [5.41, 5.74) is 0.850. The monoisotopic (exact) mass is 255 g/mol. The van der Waals surface area contributed by atoms with E-state index in [1.165, 1.54) is 23.1 Å². The first kappa shape index (κ1) is 13.7. The molecule has 0 unspecified atom stereocenters. The largest absolute Gasteiger partial charge is 0.335 e. The molecule has 0 bridgehead atoms. The minimum absolute atomic E-state index is 0.000556. The molecule has 0 aliphatic heterocycles. The van der Waals surface area contributed by atoms with E-state index in [0.717, 1.165) is 5.57 Å². The van der Waals surface area contributed by atoms with Crippen LogP contribution in [0.25, 0.3) is 0 Å². The predicted molar refractivity (Wildman–Crippen MR) is 67.8 cm³/mol. The molecule has 0 aromatic heterocycles. The highest BCUT2D eigenvalue weighted by molar-refractivity contribution is 6.31. The fourth-order valence-electron chi connectivity index (χ4n) is 1.48. The average molecular weight is 256 g/mol. The zero-order chi connectivity index (χ0) is 13.0. The first-order valence-electron chi connectivity index (χ1n) is 5.34. The Bertz CT molecular complexity index is 445. The Labute approximate surface area is 106 Å². The average Bonchev–Trinajstić information content (AvgIpc) is 2.28. The van der Waals surface area contributed by atoms with E-state index in [2.05, 4.69) is 6.58 Å². The summed E-state index contributed by atoms with van der Waals surface area (Å²) in [7, 11) is 0. The van der Waals surface area contributed by atoms with Gasteiger partial charge in [-0.1, -0.05) is 23.8 Å². The molecule has 1 amide bonds. The molecule has 92 valence electrons. The quantitative estimate of drug-likeness (QED) is 0.754. The predicted octanol–water partition coefficient (Wildman–Crippen LogP) is 3.52. The molecular formula is C13H15ClFNO. The lowest BCUT2D eigenvalue weighted by atomic mass is 10.1. The molecule has 1 aromatic rings. The number of hydrogen-bond donors (Lipinski definition) is 0. The molecule has 1 rings (SSSR count). The molecule has 0 spiro atoms. The van der Waals surface area contributed by atoms with E-state index in [1.807, 2.05) is 13.8 Å². The van der Waals surface area contributed by atoms with Gasteiger partial charge < -0.3 is 4.90 Å². The summed E-state index contributed by atoms with van der Waals surface area (Å²) in [4.78, 5) is 13.6. The van der Waals surface area contributed by atoms with Gasteiger partial charge in [0.25, 0.3) is 5.91 Å². The van der Waals surface area contributed by atoms with E-state index < -0.39 is 5.82 Å². The van der Waals surface area contributed by atoms with Gasteiger partial charge in [0, 0.05) is 18.1 Å². The summed E-state index contributed by atoms with van der Waals surface area (Å²) in [6.45, 7) is 8.32. The Morgan fingerprint density at radius 1 is 1.53 bits per heavy atom. The minimum Gasteiger partial charge on any atom is -0.335 e. The lowest BCUT2D eigenvalue weighted by Crippen LogP contribution is -2.32. The van der Waals surface area contributed by atoms with Crippen LogP contribution in [-0.2, 0) is 0 Å². The second kappa shape index (κ2) is 5.82. The summed E-state index contributed by atoms with van der Waals surface area (Å²) in [5, 5.41) is 0.348. The topological polar surface area (TPSA) is 20.3 Å². The van der Waals surface area contributed by atoms with Crippen molar-refractivity contribution in [1.82, 2.24) is 4.90 Å². The van der Waals surface area contributed by atoms with Crippen molar-refractivity contribution in [2.24, 2.45) is 0 Å². The first-order valence-corrected chi connectivity index (χ1v) is 5.72. The summed E-state index contributed by atoms with van der Waals surface area (Å²) < 4.78 is 13.5. The van der Waals surface area contributed by atoms with Gasteiger partial charge in [0.05, 0.1) is 5.56 Å². The van der Waals surface area contributed by atoms with Crippen molar-refractivity contribution in [1.29, 1.82) is 0 Å². The number of carbonyl (C=O) groups excluding carboxylic acids is 1. The van der Waals surface area contributed by atoms with E-state index in [0.29, 0.717) is 18.1 Å². The number of amides is 1. The van der Waals surface area contributed by atoms with Gasteiger partial charge in [-0.15, -0.1) is 0 Å². The van der Waals surface area contributed by atoms with E-state index in [1.54, 1.807) is 0 Å². The molecule has 0 atom stereocenters. The van der Waals surface area contributed by atoms with Crippen molar-refractivity contribution < 1.29 is 9.18 Å². The Kier molecular flexibility index (Phi) is 4.70. The van der Waals surface area contributed by atoms with Crippen LogP contribution in [0, 0.1) is 5.82 Å². The van der Waals surface area contributed by atoms with Crippen LogP contribution >= 0.6 is 11.6 Å². The maximum atomic E-state index is 13.5. The van der Waals surface area contributed by atoms with Crippen LogP contribution in [0.5, 0.6) is 0 Å². The third-order valence-corrected chi connectivity index (χ3v) is 2.52. The third kappa shape index (κ3) is 3.56. The fourth-order valence-corrected chi connectivity index (χ4v) is 1.66. The van der Waals surface area contributed by atoms with Crippen LogP contribution in [0.3, 0.4) is 0 Å². The summed E-state index contributed by atoms with van der Waals surface area (Å²) in [5.74, 6) is -0.921. The molecule has 2 nitrogen and oxygen atoms in total. The van der Waals surface area contributed by atoms with Gasteiger partial charge in [0.2, 0.25) is 0 Å². The molecular weight excluding hydrogens is 241 g/mol. The van der Waals surface area contributed by atoms with Gasteiger partial charge in [0.15, 0.2) is 0 Å². The molecule has 0 fully saturated rings. The lowest BCUT2D eigenvalue weighted by Gasteiger charge is -2.21. The molecule has 0 saturated carbocycles. The smallest absolute Gasteiger partial charge is 0.257 e. The van der Waals surface area contributed by atoms with Gasteiger partial charge in [-0.25, -0.2) is 4.39 Å². The highest BCUT2D eigenvalue weighted by Gasteiger charge is 2.18.